The van der Waals surface area contributed by atoms with Crippen molar-refractivity contribution in [2.45, 2.75) is 109 Å². The Morgan fingerprint density at radius 2 is 1.21 bits per heavy atom. The van der Waals surface area contributed by atoms with Gasteiger partial charge in [-0.2, -0.15) is 0 Å². The Morgan fingerprint density at radius 3 is 1.90 bits per heavy atom. The van der Waals surface area contributed by atoms with Crippen molar-refractivity contribution in [2.24, 2.45) is 0 Å². The molecule has 0 unspecified atom stereocenters. The van der Waals surface area contributed by atoms with Crippen LogP contribution in [0.15, 0.2) is 164 Å². The molecular formula is C65H63BN2. The number of aromatic nitrogens is 1. The Kier molecular flexibility index (Phi) is 10.1. The third-order valence-electron chi connectivity index (χ3n) is 16.6. The van der Waals surface area contributed by atoms with E-state index < -0.39 is 0 Å². The zero-order chi connectivity index (χ0) is 46.5. The van der Waals surface area contributed by atoms with E-state index in [0.29, 0.717) is 0 Å². The maximum atomic E-state index is 3.96. The lowest BCUT2D eigenvalue weighted by Crippen LogP contribution is -2.38. The number of fused-ring (bicyclic) bond motifs is 9. The van der Waals surface area contributed by atoms with Gasteiger partial charge in [0.05, 0.1) is 5.52 Å². The van der Waals surface area contributed by atoms with E-state index in [1.165, 1.54) is 137 Å². The van der Waals surface area contributed by atoms with Gasteiger partial charge in [-0.1, -0.05) is 188 Å². The van der Waals surface area contributed by atoms with Gasteiger partial charge >= 0.3 is 0 Å². The summed E-state index contributed by atoms with van der Waals surface area (Å²) in [5.41, 5.74) is 25.5. The van der Waals surface area contributed by atoms with E-state index in [1.807, 2.05) is 0 Å². The van der Waals surface area contributed by atoms with E-state index in [0.717, 1.165) is 25.1 Å². The standard InChI is InChI=1S/C65H63BN2/c1-8-9-12-21-41-30-32-44(33-31-41)67-56-29-20-18-27-46(56)48-36-50(59(42-22-13-10-14-23-42)43-24-15-11-16-25-43)60-49-37-53-54(64(4,5)35-34-63(53,2)3)40-57(49)68-58-38-47-45-26-17-19-28-51(45)65(6,7)52(47)39-55(58)66-61(48)62(60)68/h10-11,13-20,22-33,36-40,59,66-67H,8-9,12,21,34-35H2,1-7H3. The Labute approximate surface area is 404 Å². The van der Waals surface area contributed by atoms with Gasteiger partial charge in [0.1, 0.15) is 0 Å². The number of para-hydroxylation sites is 1. The molecule has 2 nitrogen and oxygen atoms in total. The van der Waals surface area contributed by atoms with Crippen molar-refractivity contribution in [2.75, 3.05) is 5.32 Å². The quantitative estimate of drug-likeness (QED) is 0.0823. The topological polar surface area (TPSA) is 17.0 Å². The number of hydrogen-bond acceptors (Lipinski definition) is 1. The first-order valence-electron chi connectivity index (χ1n) is 25.4. The summed E-state index contributed by atoms with van der Waals surface area (Å²) in [5.74, 6) is -0.000740. The number of nitrogens with zero attached hydrogens (tertiary/aromatic N) is 1. The molecule has 68 heavy (non-hydrogen) atoms. The third kappa shape index (κ3) is 6.74. The number of unbranched alkanes of at least 4 members (excludes halogenated alkanes) is 2. The lowest BCUT2D eigenvalue weighted by molar-refractivity contribution is 0.332. The first-order chi connectivity index (χ1) is 32.9. The highest BCUT2D eigenvalue weighted by molar-refractivity contribution is 6.73. The maximum absolute atomic E-state index is 3.96. The molecule has 3 aliphatic rings. The molecule has 1 N–H and O–H groups in total. The fraction of sp³-hybridized carbons (Fsp3) is 0.262. The fourth-order valence-electron chi connectivity index (χ4n) is 12.7. The Balaban J connectivity index is 1.20. The summed E-state index contributed by atoms with van der Waals surface area (Å²) in [6.07, 6.45) is 7.21. The molecule has 336 valence electrons. The van der Waals surface area contributed by atoms with Crippen molar-refractivity contribution >= 4 is 51.4 Å². The first-order valence-corrected chi connectivity index (χ1v) is 25.4. The van der Waals surface area contributed by atoms with Crippen LogP contribution >= 0.6 is 0 Å². The molecule has 0 saturated carbocycles. The summed E-state index contributed by atoms with van der Waals surface area (Å²) >= 11 is 0. The van der Waals surface area contributed by atoms with Gasteiger partial charge in [-0.3, -0.25) is 0 Å². The normalized spacial score (nSPS) is 15.7. The summed E-state index contributed by atoms with van der Waals surface area (Å²) in [7, 11) is 0.844. The van der Waals surface area contributed by atoms with Gasteiger partial charge in [0.25, 0.3) is 0 Å². The maximum Gasteiger partial charge on any atom is 0.198 e. The number of rotatable bonds is 10. The molecule has 0 spiro atoms. The van der Waals surface area contributed by atoms with Gasteiger partial charge in [-0.25, -0.2) is 0 Å². The second-order valence-electron chi connectivity index (χ2n) is 22.2. The summed E-state index contributed by atoms with van der Waals surface area (Å²) in [4.78, 5) is 0. The molecule has 0 saturated heterocycles. The van der Waals surface area contributed by atoms with Gasteiger partial charge in [0.15, 0.2) is 7.28 Å². The molecule has 1 aliphatic heterocycles. The lowest BCUT2D eigenvalue weighted by atomic mass is 9.57. The Hall–Kier alpha value is -6.58. The van der Waals surface area contributed by atoms with Crippen LogP contribution in [-0.2, 0) is 22.7 Å². The van der Waals surface area contributed by atoms with Crippen LogP contribution in [0.2, 0.25) is 0 Å². The van der Waals surface area contributed by atoms with Crippen molar-refractivity contribution in [3.8, 4) is 27.9 Å². The molecule has 2 heterocycles. The van der Waals surface area contributed by atoms with Gasteiger partial charge < -0.3 is 9.88 Å². The number of nitrogens with one attached hydrogen (secondary N) is 1. The van der Waals surface area contributed by atoms with E-state index in [-0.39, 0.29) is 22.2 Å². The van der Waals surface area contributed by atoms with E-state index in [9.17, 15) is 0 Å². The molecule has 0 fully saturated rings. The number of anilines is 2. The van der Waals surface area contributed by atoms with Crippen LogP contribution < -0.4 is 16.2 Å². The van der Waals surface area contributed by atoms with Crippen molar-refractivity contribution in [3.63, 3.8) is 0 Å². The minimum absolute atomic E-state index is 0.000740. The average Bonchev–Trinajstić information content (AvgIpc) is 3.80. The Bertz CT molecular complexity index is 3380. The molecular weight excluding hydrogens is 820 g/mol. The molecule has 0 bridgehead atoms. The first kappa shape index (κ1) is 42.8. The van der Waals surface area contributed by atoms with Crippen LogP contribution in [0.4, 0.5) is 11.4 Å². The largest absolute Gasteiger partial charge is 0.355 e. The molecule has 1 aromatic heterocycles. The highest BCUT2D eigenvalue weighted by Crippen LogP contribution is 2.53. The number of hydrogen-bond donors (Lipinski definition) is 1. The van der Waals surface area contributed by atoms with E-state index in [4.69, 9.17) is 0 Å². The smallest absolute Gasteiger partial charge is 0.198 e. The lowest BCUT2D eigenvalue weighted by Gasteiger charge is -2.42. The monoisotopic (exact) mass is 883 g/mol. The molecule has 12 rings (SSSR count). The van der Waals surface area contributed by atoms with Crippen molar-refractivity contribution < 1.29 is 0 Å². The number of benzene rings is 8. The molecule has 0 radical (unpaired) electrons. The van der Waals surface area contributed by atoms with Crippen LogP contribution in [0.1, 0.15) is 131 Å². The van der Waals surface area contributed by atoms with Gasteiger partial charge in [-0.15, -0.1) is 0 Å². The second kappa shape index (κ2) is 16.0. The molecule has 0 atom stereocenters. The predicted molar refractivity (Wildman–Crippen MR) is 292 cm³/mol. The van der Waals surface area contributed by atoms with E-state index in [2.05, 4.69) is 222 Å². The van der Waals surface area contributed by atoms with Crippen molar-refractivity contribution in [1.29, 1.82) is 0 Å². The molecule has 8 aromatic carbocycles. The summed E-state index contributed by atoms with van der Waals surface area (Å²) in [6.45, 7) is 17.0. The van der Waals surface area contributed by atoms with Gasteiger partial charge in [-0.05, 0) is 146 Å². The summed E-state index contributed by atoms with van der Waals surface area (Å²) in [6, 6.07) is 63.0. The van der Waals surface area contributed by atoms with Crippen LogP contribution in [0.5, 0.6) is 0 Å². The molecule has 9 aromatic rings. The molecule has 3 heteroatoms. The zero-order valence-corrected chi connectivity index (χ0v) is 41.1. The molecule has 2 aliphatic carbocycles. The number of aryl methyl sites for hydroxylation is 1. The molecule has 0 amide bonds. The Morgan fingerprint density at radius 1 is 0.574 bits per heavy atom. The zero-order valence-electron chi connectivity index (χ0n) is 41.1. The van der Waals surface area contributed by atoms with Gasteiger partial charge in [0, 0.05) is 50.2 Å². The minimum Gasteiger partial charge on any atom is -0.355 e. The second-order valence-corrected chi connectivity index (χ2v) is 22.2. The third-order valence-corrected chi connectivity index (χ3v) is 16.6. The predicted octanol–water partition coefficient (Wildman–Crippen LogP) is 15.5. The van der Waals surface area contributed by atoms with E-state index >= 15 is 0 Å². The van der Waals surface area contributed by atoms with Crippen LogP contribution in [-0.4, -0.2) is 11.8 Å². The van der Waals surface area contributed by atoms with Crippen molar-refractivity contribution in [1.82, 2.24) is 4.57 Å². The highest BCUT2D eigenvalue weighted by Gasteiger charge is 2.41. The SMILES string of the molecule is CCCCCc1ccc(Nc2ccccc2-c2cc(C(c3ccccc3)c3ccccc3)c3c4cc5c(cc4n4c3c2Bc2cc3c(cc2-4)-c2ccccc2C3(C)C)C(C)(C)CCC5(C)C)cc1. The highest BCUT2D eigenvalue weighted by atomic mass is 15.0. The van der Waals surface area contributed by atoms with E-state index in [1.54, 1.807) is 0 Å². The summed E-state index contributed by atoms with van der Waals surface area (Å²) < 4.78 is 2.73. The van der Waals surface area contributed by atoms with Crippen LogP contribution in [0.3, 0.4) is 0 Å². The minimum atomic E-state index is -0.0999. The fourth-order valence-corrected chi connectivity index (χ4v) is 12.7. The van der Waals surface area contributed by atoms with Crippen molar-refractivity contribution in [3.05, 3.63) is 208 Å². The average molecular weight is 883 g/mol. The van der Waals surface area contributed by atoms with Crippen LogP contribution in [0.25, 0.3) is 49.7 Å². The summed E-state index contributed by atoms with van der Waals surface area (Å²) in [5, 5.41) is 6.71. The van der Waals surface area contributed by atoms with Gasteiger partial charge in [0.2, 0.25) is 0 Å². The van der Waals surface area contributed by atoms with Crippen LogP contribution in [0, 0.1) is 0 Å².